The van der Waals surface area contributed by atoms with Crippen molar-refractivity contribution in [3.8, 4) is 17.2 Å². The van der Waals surface area contributed by atoms with E-state index in [2.05, 4.69) is 4.98 Å². The number of nitro groups is 1. The molecule has 0 aliphatic carbocycles. The Morgan fingerprint density at radius 2 is 2.20 bits per heavy atom. The summed E-state index contributed by atoms with van der Waals surface area (Å²) in [5.74, 6) is -0.744. The first-order valence-electron chi connectivity index (χ1n) is 7.36. The quantitative estimate of drug-likeness (QED) is 0.348. The molecular formula is C17H14ClN3O4. The zero-order valence-electron chi connectivity index (χ0n) is 13.6. The van der Waals surface area contributed by atoms with Crippen molar-refractivity contribution in [1.82, 2.24) is 4.98 Å². The third-order valence-electron chi connectivity index (χ3n) is 3.52. The summed E-state index contributed by atoms with van der Waals surface area (Å²) in [6, 6.07) is 7.72. The first-order valence-corrected chi connectivity index (χ1v) is 7.89. The number of ether oxygens (including phenoxy) is 1. The van der Waals surface area contributed by atoms with Gasteiger partial charge < -0.3 is 4.74 Å². The van der Waals surface area contributed by atoms with Gasteiger partial charge in [0.15, 0.2) is 0 Å². The monoisotopic (exact) mass is 359 g/mol. The van der Waals surface area contributed by atoms with E-state index in [1.165, 1.54) is 18.2 Å². The van der Waals surface area contributed by atoms with Crippen LogP contribution >= 0.6 is 11.6 Å². The fraction of sp³-hybridized carbons (Fsp3) is 0.235. The molecule has 0 radical (unpaired) electrons. The molecule has 0 atom stereocenters. The summed E-state index contributed by atoms with van der Waals surface area (Å²) >= 11 is 5.92. The number of nitrogens with zero attached hydrogens (tertiary/aromatic N) is 3. The molecule has 128 valence electrons. The van der Waals surface area contributed by atoms with Gasteiger partial charge in [-0.1, -0.05) is 12.1 Å². The summed E-state index contributed by atoms with van der Waals surface area (Å²) < 4.78 is 5.07. The van der Waals surface area contributed by atoms with E-state index in [4.69, 9.17) is 16.3 Å². The molecule has 0 saturated heterocycles. The molecule has 0 aliphatic rings. The molecule has 2 aromatic rings. The maximum absolute atomic E-state index is 12.5. The van der Waals surface area contributed by atoms with Gasteiger partial charge in [-0.25, -0.2) is 4.79 Å². The van der Waals surface area contributed by atoms with Gasteiger partial charge in [0.1, 0.15) is 6.07 Å². The number of halogens is 1. The lowest BCUT2D eigenvalue weighted by Gasteiger charge is -2.15. The molecule has 1 aromatic carbocycles. The van der Waals surface area contributed by atoms with E-state index in [0.717, 1.165) is 0 Å². The number of aryl methyl sites for hydroxylation is 1. The summed E-state index contributed by atoms with van der Waals surface area (Å²) in [5.41, 5.74) is 1.29. The van der Waals surface area contributed by atoms with Gasteiger partial charge in [-0.2, -0.15) is 5.26 Å². The molecule has 0 amide bonds. The molecule has 7 nitrogen and oxygen atoms in total. The Bertz CT molecular complexity index is 890. The third-order valence-corrected chi connectivity index (χ3v) is 3.77. The molecule has 0 N–H and O–H groups in total. The minimum Gasteiger partial charge on any atom is -0.462 e. The number of aromatic nitrogens is 1. The predicted octanol–water partition coefficient (Wildman–Crippen LogP) is 3.75. The summed E-state index contributed by atoms with van der Waals surface area (Å²) in [6.07, 6.45) is 0. The summed E-state index contributed by atoms with van der Waals surface area (Å²) in [7, 11) is 0. The first kappa shape index (κ1) is 18.4. The maximum Gasteiger partial charge on any atom is 0.340 e. The van der Waals surface area contributed by atoms with Crippen LogP contribution in [0, 0.1) is 28.4 Å². The van der Waals surface area contributed by atoms with Crippen molar-refractivity contribution in [2.45, 2.75) is 19.7 Å². The molecule has 0 bridgehead atoms. The molecule has 1 aromatic heterocycles. The second-order valence-electron chi connectivity index (χ2n) is 5.04. The van der Waals surface area contributed by atoms with Crippen LogP contribution < -0.4 is 0 Å². The van der Waals surface area contributed by atoms with Crippen molar-refractivity contribution in [1.29, 1.82) is 5.26 Å². The van der Waals surface area contributed by atoms with E-state index in [-0.39, 0.29) is 40.6 Å². The first-order chi connectivity index (χ1) is 11.9. The molecular weight excluding hydrogens is 346 g/mol. The van der Waals surface area contributed by atoms with Crippen LogP contribution in [0.4, 0.5) is 5.69 Å². The molecule has 8 heteroatoms. The number of nitriles is 1. The third kappa shape index (κ3) is 3.59. The van der Waals surface area contributed by atoms with Gasteiger partial charge >= 0.3 is 5.97 Å². The number of hydrogen-bond donors (Lipinski definition) is 0. The second-order valence-corrected chi connectivity index (χ2v) is 5.31. The SMILES string of the molecule is CCOC(=O)c1c(CCl)nc(C)c(C#N)c1-c1cccc([N+](=O)[O-])c1. The molecule has 0 aliphatic heterocycles. The van der Waals surface area contributed by atoms with Gasteiger partial charge in [-0.05, 0) is 19.4 Å². The molecule has 0 spiro atoms. The zero-order chi connectivity index (χ0) is 18.6. The van der Waals surface area contributed by atoms with Gasteiger partial charge in [-0.15, -0.1) is 11.6 Å². The smallest absolute Gasteiger partial charge is 0.340 e. The van der Waals surface area contributed by atoms with Crippen LogP contribution in [-0.2, 0) is 10.6 Å². The maximum atomic E-state index is 12.5. The van der Waals surface area contributed by atoms with Crippen LogP contribution in [0.3, 0.4) is 0 Å². The van der Waals surface area contributed by atoms with Crippen LogP contribution in [-0.4, -0.2) is 22.5 Å². The Morgan fingerprint density at radius 1 is 1.48 bits per heavy atom. The largest absolute Gasteiger partial charge is 0.462 e. The minimum absolute atomic E-state index is 0.0551. The lowest BCUT2D eigenvalue weighted by molar-refractivity contribution is -0.384. The number of benzene rings is 1. The minimum atomic E-state index is -0.677. The number of carbonyl (C=O) groups excluding carboxylic acids is 1. The van der Waals surface area contributed by atoms with Crippen molar-refractivity contribution >= 4 is 23.3 Å². The highest BCUT2D eigenvalue weighted by Crippen LogP contribution is 2.34. The van der Waals surface area contributed by atoms with Crippen LogP contribution in [0.1, 0.15) is 34.2 Å². The number of nitro benzene ring substituents is 1. The summed E-state index contributed by atoms with van der Waals surface area (Å²) in [4.78, 5) is 27.2. The standard InChI is InChI=1S/C17H14ClN3O4/c1-3-25-17(22)16-14(8-18)20-10(2)13(9-19)15(16)11-5-4-6-12(7-11)21(23)24/h4-7H,3,8H2,1-2H3. The zero-order valence-corrected chi connectivity index (χ0v) is 14.3. The van der Waals surface area contributed by atoms with Crippen molar-refractivity contribution in [3.63, 3.8) is 0 Å². The number of carbonyl (C=O) groups is 1. The molecule has 0 fully saturated rings. The number of non-ortho nitro benzene ring substituents is 1. The van der Waals surface area contributed by atoms with E-state index >= 15 is 0 Å². The topological polar surface area (TPSA) is 106 Å². The average Bonchev–Trinajstić information content (AvgIpc) is 2.60. The van der Waals surface area contributed by atoms with Crippen molar-refractivity contribution in [3.05, 3.63) is 56.9 Å². The molecule has 0 unspecified atom stereocenters. The molecule has 2 rings (SSSR count). The van der Waals surface area contributed by atoms with Crippen LogP contribution in [0.5, 0.6) is 0 Å². The fourth-order valence-corrected chi connectivity index (χ4v) is 2.68. The van der Waals surface area contributed by atoms with Gasteiger partial charge in [-0.3, -0.25) is 15.1 Å². The van der Waals surface area contributed by atoms with Crippen LogP contribution in [0.25, 0.3) is 11.1 Å². The molecule has 0 saturated carbocycles. The Hall–Kier alpha value is -2.98. The van der Waals surface area contributed by atoms with E-state index in [1.54, 1.807) is 19.9 Å². The summed E-state index contributed by atoms with van der Waals surface area (Å²) in [5, 5.41) is 20.6. The Balaban J connectivity index is 2.88. The number of esters is 1. The average molecular weight is 360 g/mol. The Kier molecular flexibility index (Phi) is 5.67. The van der Waals surface area contributed by atoms with E-state index < -0.39 is 10.9 Å². The highest BCUT2D eigenvalue weighted by molar-refractivity contribution is 6.18. The van der Waals surface area contributed by atoms with Gasteiger partial charge in [0.25, 0.3) is 5.69 Å². The number of pyridine rings is 1. The normalized spacial score (nSPS) is 10.2. The van der Waals surface area contributed by atoms with E-state index in [1.807, 2.05) is 6.07 Å². The van der Waals surface area contributed by atoms with Crippen molar-refractivity contribution < 1.29 is 14.5 Å². The van der Waals surface area contributed by atoms with Gasteiger partial charge in [0, 0.05) is 17.7 Å². The highest BCUT2D eigenvalue weighted by atomic mass is 35.5. The second kappa shape index (κ2) is 7.73. The fourth-order valence-electron chi connectivity index (χ4n) is 2.48. The lowest BCUT2D eigenvalue weighted by atomic mass is 9.93. The van der Waals surface area contributed by atoms with Crippen LogP contribution in [0.15, 0.2) is 24.3 Å². The van der Waals surface area contributed by atoms with Gasteiger partial charge in [0.2, 0.25) is 0 Å². The molecule has 25 heavy (non-hydrogen) atoms. The van der Waals surface area contributed by atoms with Crippen molar-refractivity contribution in [2.75, 3.05) is 6.61 Å². The van der Waals surface area contributed by atoms with Gasteiger partial charge in [0.05, 0.1) is 39.9 Å². The van der Waals surface area contributed by atoms with Crippen LogP contribution in [0.2, 0.25) is 0 Å². The number of alkyl halides is 1. The molecule has 1 heterocycles. The van der Waals surface area contributed by atoms with E-state index in [9.17, 15) is 20.2 Å². The summed E-state index contributed by atoms with van der Waals surface area (Å²) in [6.45, 7) is 3.40. The van der Waals surface area contributed by atoms with Crippen molar-refractivity contribution in [2.24, 2.45) is 0 Å². The lowest BCUT2D eigenvalue weighted by Crippen LogP contribution is -2.14. The number of rotatable bonds is 5. The highest BCUT2D eigenvalue weighted by Gasteiger charge is 2.25. The Morgan fingerprint density at radius 3 is 2.76 bits per heavy atom. The number of hydrogen-bond acceptors (Lipinski definition) is 6. The Labute approximate surface area is 149 Å². The predicted molar refractivity (Wildman–Crippen MR) is 91.3 cm³/mol. The van der Waals surface area contributed by atoms with E-state index in [0.29, 0.717) is 11.3 Å².